The van der Waals surface area contributed by atoms with E-state index in [1.165, 1.54) is 4.90 Å². The third kappa shape index (κ3) is 2.55. The second-order valence-electron chi connectivity index (χ2n) is 3.94. The van der Waals surface area contributed by atoms with Crippen LogP contribution in [0.15, 0.2) is 30.6 Å². The Bertz CT molecular complexity index is 519. The molecule has 5 nitrogen and oxygen atoms in total. The second kappa shape index (κ2) is 4.86. The Kier molecular flexibility index (Phi) is 3.27. The predicted octanol–water partition coefficient (Wildman–Crippen LogP) is 1.73. The van der Waals surface area contributed by atoms with Gasteiger partial charge in [0.2, 0.25) is 0 Å². The molecule has 5 heteroatoms. The number of ether oxygens (including phenoxy) is 1. The zero-order chi connectivity index (χ0) is 12.3. The molecule has 0 spiro atoms. The van der Waals surface area contributed by atoms with E-state index in [2.05, 4.69) is 4.98 Å². The third-order valence-electron chi connectivity index (χ3n) is 2.45. The third-order valence-corrected chi connectivity index (χ3v) is 2.45. The summed E-state index contributed by atoms with van der Waals surface area (Å²) in [6.45, 7) is 0.956. The SMILES string of the molecule is CN(C)C(=O)OCCn1cnc2ccccc21. The molecule has 0 saturated heterocycles. The average molecular weight is 233 g/mol. The Morgan fingerprint density at radius 3 is 2.94 bits per heavy atom. The summed E-state index contributed by atoms with van der Waals surface area (Å²) < 4.78 is 7.03. The molecule has 2 rings (SSSR count). The van der Waals surface area contributed by atoms with Crippen molar-refractivity contribution in [3.63, 3.8) is 0 Å². The van der Waals surface area contributed by atoms with Gasteiger partial charge in [-0.25, -0.2) is 9.78 Å². The molecule has 1 heterocycles. The summed E-state index contributed by atoms with van der Waals surface area (Å²) in [5.74, 6) is 0. The number of rotatable bonds is 3. The number of imidazole rings is 1. The van der Waals surface area contributed by atoms with Gasteiger partial charge >= 0.3 is 6.09 Å². The minimum Gasteiger partial charge on any atom is -0.448 e. The van der Waals surface area contributed by atoms with Gasteiger partial charge in [-0.05, 0) is 12.1 Å². The van der Waals surface area contributed by atoms with Gasteiger partial charge in [-0.3, -0.25) is 0 Å². The van der Waals surface area contributed by atoms with Crippen LogP contribution in [0.25, 0.3) is 11.0 Å². The van der Waals surface area contributed by atoms with Gasteiger partial charge in [0, 0.05) is 14.1 Å². The summed E-state index contributed by atoms with van der Waals surface area (Å²) in [7, 11) is 3.32. The molecule has 0 aliphatic carbocycles. The Morgan fingerprint density at radius 2 is 2.18 bits per heavy atom. The lowest BCUT2D eigenvalue weighted by Gasteiger charge is -2.11. The standard InChI is InChI=1S/C12H15N3O2/c1-14(2)12(16)17-8-7-15-9-13-10-5-3-4-6-11(10)15/h3-6,9H,7-8H2,1-2H3. The number of para-hydroxylation sites is 2. The van der Waals surface area contributed by atoms with Gasteiger partial charge in [0.05, 0.1) is 23.9 Å². The van der Waals surface area contributed by atoms with Crippen molar-refractivity contribution in [1.82, 2.24) is 14.5 Å². The number of carbonyl (C=O) groups is 1. The molecule has 1 aromatic heterocycles. The molecule has 0 saturated carbocycles. The van der Waals surface area contributed by atoms with Crippen LogP contribution in [0.1, 0.15) is 0 Å². The van der Waals surface area contributed by atoms with Crippen LogP contribution >= 0.6 is 0 Å². The number of nitrogens with zero attached hydrogens (tertiary/aromatic N) is 3. The molecule has 0 atom stereocenters. The van der Waals surface area contributed by atoms with Crippen LogP contribution in [-0.4, -0.2) is 41.2 Å². The summed E-state index contributed by atoms with van der Waals surface area (Å²) in [5.41, 5.74) is 2.00. The maximum absolute atomic E-state index is 11.2. The van der Waals surface area contributed by atoms with E-state index < -0.39 is 0 Å². The maximum atomic E-state index is 11.2. The highest BCUT2D eigenvalue weighted by molar-refractivity contribution is 5.74. The molecule has 0 bridgehead atoms. The highest BCUT2D eigenvalue weighted by atomic mass is 16.6. The summed E-state index contributed by atoms with van der Waals surface area (Å²) in [6.07, 6.45) is 1.43. The van der Waals surface area contributed by atoms with Crippen molar-refractivity contribution < 1.29 is 9.53 Å². The molecule has 0 N–H and O–H groups in total. The lowest BCUT2D eigenvalue weighted by Crippen LogP contribution is -2.24. The highest BCUT2D eigenvalue weighted by Gasteiger charge is 2.05. The van der Waals surface area contributed by atoms with Gasteiger partial charge in [-0.15, -0.1) is 0 Å². The number of aromatic nitrogens is 2. The molecule has 1 aromatic carbocycles. The molecule has 0 radical (unpaired) electrons. The van der Waals surface area contributed by atoms with Gasteiger partial charge < -0.3 is 14.2 Å². The smallest absolute Gasteiger partial charge is 0.409 e. The van der Waals surface area contributed by atoms with Crippen LogP contribution in [0.4, 0.5) is 4.79 Å². The average Bonchev–Trinajstić information content (AvgIpc) is 2.72. The molecule has 1 amide bonds. The molecule has 90 valence electrons. The van der Waals surface area contributed by atoms with E-state index in [0.29, 0.717) is 13.2 Å². The molecule has 2 aromatic rings. The van der Waals surface area contributed by atoms with Crippen LogP contribution in [0.2, 0.25) is 0 Å². The van der Waals surface area contributed by atoms with E-state index >= 15 is 0 Å². The molecule has 17 heavy (non-hydrogen) atoms. The van der Waals surface area contributed by atoms with Gasteiger partial charge in [0.25, 0.3) is 0 Å². The van der Waals surface area contributed by atoms with Crippen molar-refractivity contribution >= 4 is 17.1 Å². The zero-order valence-corrected chi connectivity index (χ0v) is 9.96. The fraction of sp³-hybridized carbons (Fsp3) is 0.333. The summed E-state index contributed by atoms with van der Waals surface area (Å²) in [4.78, 5) is 16.9. The van der Waals surface area contributed by atoms with Gasteiger partial charge in [0.1, 0.15) is 6.61 Å². The monoisotopic (exact) mass is 233 g/mol. The van der Waals surface area contributed by atoms with E-state index in [1.807, 2.05) is 28.8 Å². The number of benzene rings is 1. The van der Waals surface area contributed by atoms with Crippen molar-refractivity contribution in [3.8, 4) is 0 Å². The fourth-order valence-electron chi connectivity index (χ4n) is 1.55. The van der Waals surface area contributed by atoms with E-state index in [1.54, 1.807) is 20.4 Å². The number of hydrogen-bond donors (Lipinski definition) is 0. The van der Waals surface area contributed by atoms with Gasteiger partial charge in [0.15, 0.2) is 0 Å². The Labute approximate surface area is 99.6 Å². The largest absolute Gasteiger partial charge is 0.448 e. The van der Waals surface area contributed by atoms with Crippen molar-refractivity contribution in [2.75, 3.05) is 20.7 Å². The Balaban J connectivity index is 1.98. The normalized spacial score (nSPS) is 10.5. The van der Waals surface area contributed by atoms with Crippen LogP contribution in [0.5, 0.6) is 0 Å². The van der Waals surface area contributed by atoms with Gasteiger partial charge in [-0.1, -0.05) is 12.1 Å². The maximum Gasteiger partial charge on any atom is 0.409 e. The number of carbonyl (C=O) groups excluding carboxylic acids is 1. The minimum absolute atomic E-state index is 0.325. The topological polar surface area (TPSA) is 47.4 Å². The summed E-state index contributed by atoms with van der Waals surface area (Å²) in [6, 6.07) is 7.87. The molecular formula is C12H15N3O2. The summed E-state index contributed by atoms with van der Waals surface area (Å²) >= 11 is 0. The summed E-state index contributed by atoms with van der Waals surface area (Å²) in [5, 5.41) is 0. The van der Waals surface area contributed by atoms with Crippen molar-refractivity contribution in [1.29, 1.82) is 0 Å². The van der Waals surface area contributed by atoms with Crippen molar-refractivity contribution in [2.24, 2.45) is 0 Å². The quantitative estimate of drug-likeness (QED) is 0.811. The van der Waals surface area contributed by atoms with Crippen molar-refractivity contribution in [3.05, 3.63) is 30.6 Å². The fourth-order valence-corrected chi connectivity index (χ4v) is 1.55. The van der Waals surface area contributed by atoms with Crippen molar-refractivity contribution in [2.45, 2.75) is 6.54 Å². The molecule has 0 unspecified atom stereocenters. The Hall–Kier alpha value is -2.04. The lowest BCUT2D eigenvalue weighted by atomic mass is 10.3. The van der Waals surface area contributed by atoms with Crippen LogP contribution in [-0.2, 0) is 11.3 Å². The minimum atomic E-state index is -0.325. The first kappa shape index (κ1) is 11.4. The van der Waals surface area contributed by atoms with E-state index in [4.69, 9.17) is 4.74 Å². The second-order valence-corrected chi connectivity index (χ2v) is 3.94. The molecule has 0 fully saturated rings. The first-order chi connectivity index (χ1) is 8.18. The highest BCUT2D eigenvalue weighted by Crippen LogP contribution is 2.11. The number of hydrogen-bond acceptors (Lipinski definition) is 3. The van der Waals surface area contributed by atoms with E-state index in [9.17, 15) is 4.79 Å². The molecular weight excluding hydrogens is 218 g/mol. The number of amides is 1. The van der Waals surface area contributed by atoms with E-state index in [0.717, 1.165) is 11.0 Å². The first-order valence-corrected chi connectivity index (χ1v) is 5.42. The first-order valence-electron chi connectivity index (χ1n) is 5.42. The zero-order valence-electron chi connectivity index (χ0n) is 9.96. The predicted molar refractivity (Wildman–Crippen MR) is 64.8 cm³/mol. The van der Waals surface area contributed by atoms with Crippen LogP contribution in [0, 0.1) is 0 Å². The lowest BCUT2D eigenvalue weighted by molar-refractivity contribution is 0.115. The number of fused-ring (bicyclic) bond motifs is 1. The van der Waals surface area contributed by atoms with E-state index in [-0.39, 0.29) is 6.09 Å². The van der Waals surface area contributed by atoms with Crippen LogP contribution < -0.4 is 0 Å². The molecule has 0 aliphatic heterocycles. The van der Waals surface area contributed by atoms with Gasteiger partial charge in [-0.2, -0.15) is 0 Å². The molecule has 0 aliphatic rings. The van der Waals surface area contributed by atoms with Crippen LogP contribution in [0.3, 0.4) is 0 Å². The Morgan fingerprint density at radius 1 is 1.41 bits per heavy atom.